The fraction of sp³-hybridized carbons (Fsp3) is 0.125. The quantitative estimate of drug-likeness (QED) is 0.711. The van der Waals surface area contributed by atoms with Gasteiger partial charge in [-0.05, 0) is 12.1 Å². The van der Waals surface area contributed by atoms with E-state index in [9.17, 15) is 13.2 Å². The van der Waals surface area contributed by atoms with Crippen molar-refractivity contribution in [3.8, 4) is 5.88 Å². The smallest absolute Gasteiger partial charge is 0.435 e. The first-order valence-corrected chi connectivity index (χ1v) is 3.74. The highest BCUT2D eigenvalue weighted by atomic mass is 19.4. The Kier molecular flexibility index (Phi) is 1.83. The third-order valence-corrected chi connectivity index (χ3v) is 1.61. The molecule has 0 bridgehead atoms. The summed E-state index contributed by atoms with van der Waals surface area (Å²) in [5.41, 5.74) is -0.936. The number of nitrogens with zero attached hydrogens (tertiary/aromatic N) is 2. The van der Waals surface area contributed by atoms with E-state index in [1.165, 1.54) is 18.5 Å². The van der Waals surface area contributed by atoms with E-state index in [2.05, 4.69) is 5.10 Å². The lowest BCUT2D eigenvalue weighted by Crippen LogP contribution is -2.06. The molecule has 0 aliphatic rings. The Morgan fingerprint density at radius 2 is 2.07 bits per heavy atom. The Hall–Kier alpha value is -1.72. The maximum atomic E-state index is 12.1. The first-order valence-electron chi connectivity index (χ1n) is 3.74. The number of halogens is 3. The van der Waals surface area contributed by atoms with Crippen molar-refractivity contribution >= 4 is 0 Å². The van der Waals surface area contributed by atoms with Crippen molar-refractivity contribution in [1.29, 1.82) is 0 Å². The first-order chi connectivity index (χ1) is 6.57. The molecule has 6 heteroatoms. The van der Waals surface area contributed by atoms with Crippen LogP contribution in [0.25, 0.3) is 5.88 Å². The molecule has 0 aromatic carbocycles. The van der Waals surface area contributed by atoms with Crippen molar-refractivity contribution in [1.82, 2.24) is 9.78 Å². The summed E-state index contributed by atoms with van der Waals surface area (Å²) in [7, 11) is 0. The lowest BCUT2D eigenvalue weighted by molar-refractivity contribution is -0.141. The van der Waals surface area contributed by atoms with E-state index in [4.69, 9.17) is 4.42 Å². The minimum atomic E-state index is -4.42. The van der Waals surface area contributed by atoms with Crippen LogP contribution in [0.15, 0.2) is 35.1 Å². The standard InChI is InChI=1S/C8H5F3N2O/c9-8(10,11)6-3-4-13(12-6)7-2-1-5-14-7/h1-5H. The zero-order valence-corrected chi connectivity index (χ0v) is 6.82. The normalized spacial score (nSPS) is 11.9. The highest BCUT2D eigenvalue weighted by Gasteiger charge is 2.33. The molecule has 0 N–H and O–H groups in total. The summed E-state index contributed by atoms with van der Waals surface area (Å²) in [6.45, 7) is 0. The highest BCUT2D eigenvalue weighted by molar-refractivity contribution is 5.18. The number of hydrogen-bond donors (Lipinski definition) is 0. The molecule has 2 aromatic heterocycles. The van der Waals surface area contributed by atoms with E-state index >= 15 is 0 Å². The fourth-order valence-electron chi connectivity index (χ4n) is 0.998. The predicted molar refractivity (Wildman–Crippen MR) is 40.8 cm³/mol. The Balaban J connectivity index is 2.36. The van der Waals surface area contributed by atoms with Gasteiger partial charge in [0, 0.05) is 12.3 Å². The molecule has 0 aliphatic heterocycles. The van der Waals surface area contributed by atoms with Crippen LogP contribution in [0.3, 0.4) is 0 Å². The van der Waals surface area contributed by atoms with Gasteiger partial charge in [-0.1, -0.05) is 0 Å². The minimum Gasteiger partial charge on any atom is -0.447 e. The van der Waals surface area contributed by atoms with Crippen LogP contribution >= 0.6 is 0 Å². The van der Waals surface area contributed by atoms with Crippen LogP contribution in [0.2, 0.25) is 0 Å². The second-order valence-corrected chi connectivity index (χ2v) is 2.59. The number of alkyl halides is 3. The molecule has 0 amide bonds. The molecular weight excluding hydrogens is 197 g/mol. The van der Waals surface area contributed by atoms with Crippen LogP contribution in [-0.4, -0.2) is 9.78 Å². The molecule has 0 aliphatic carbocycles. The lowest BCUT2D eigenvalue weighted by atomic mass is 10.4. The van der Waals surface area contributed by atoms with E-state index in [1.807, 2.05) is 0 Å². The van der Waals surface area contributed by atoms with Crippen molar-refractivity contribution in [3.05, 3.63) is 36.4 Å². The van der Waals surface area contributed by atoms with E-state index in [0.29, 0.717) is 0 Å². The van der Waals surface area contributed by atoms with Gasteiger partial charge in [0.25, 0.3) is 0 Å². The minimum absolute atomic E-state index is 0.250. The van der Waals surface area contributed by atoms with E-state index in [-0.39, 0.29) is 5.88 Å². The van der Waals surface area contributed by atoms with Gasteiger partial charge < -0.3 is 4.42 Å². The lowest BCUT2D eigenvalue weighted by Gasteiger charge is -2.00. The second-order valence-electron chi connectivity index (χ2n) is 2.59. The fourth-order valence-corrected chi connectivity index (χ4v) is 0.998. The third kappa shape index (κ3) is 1.50. The van der Waals surface area contributed by atoms with Gasteiger partial charge in [0.05, 0.1) is 6.26 Å². The number of aromatic nitrogens is 2. The monoisotopic (exact) mass is 202 g/mol. The third-order valence-electron chi connectivity index (χ3n) is 1.61. The summed E-state index contributed by atoms with van der Waals surface area (Å²) < 4.78 is 42.3. The largest absolute Gasteiger partial charge is 0.447 e. The van der Waals surface area contributed by atoms with Gasteiger partial charge in [0.2, 0.25) is 5.88 Å². The molecule has 0 spiro atoms. The SMILES string of the molecule is FC(F)(F)c1ccn(-c2ccco2)n1. The number of rotatable bonds is 1. The number of hydrogen-bond acceptors (Lipinski definition) is 2. The Morgan fingerprint density at radius 1 is 1.29 bits per heavy atom. The Bertz CT molecular complexity index is 416. The van der Waals surface area contributed by atoms with Gasteiger partial charge >= 0.3 is 6.18 Å². The maximum absolute atomic E-state index is 12.1. The van der Waals surface area contributed by atoms with E-state index in [1.54, 1.807) is 6.07 Å². The molecule has 2 heterocycles. The molecule has 2 rings (SSSR count). The van der Waals surface area contributed by atoms with Crippen LogP contribution in [0, 0.1) is 0 Å². The van der Waals surface area contributed by atoms with Gasteiger partial charge in [-0.2, -0.15) is 18.3 Å². The molecular formula is C8H5F3N2O. The molecule has 0 saturated carbocycles. The van der Waals surface area contributed by atoms with Gasteiger partial charge in [0.15, 0.2) is 5.69 Å². The summed E-state index contributed by atoms with van der Waals surface area (Å²) in [6.07, 6.45) is -1.86. The Labute approximate surface area is 76.8 Å². The molecule has 14 heavy (non-hydrogen) atoms. The number of furan rings is 1. The van der Waals surface area contributed by atoms with Crippen LogP contribution in [0.5, 0.6) is 0 Å². The molecule has 2 aromatic rings. The molecule has 0 atom stereocenters. The molecule has 3 nitrogen and oxygen atoms in total. The topological polar surface area (TPSA) is 31.0 Å². The molecule has 74 valence electrons. The summed E-state index contributed by atoms with van der Waals surface area (Å²) in [6, 6.07) is 3.99. The van der Waals surface area contributed by atoms with E-state index in [0.717, 1.165) is 10.7 Å². The van der Waals surface area contributed by atoms with Crippen LogP contribution in [-0.2, 0) is 6.18 Å². The summed E-state index contributed by atoms with van der Waals surface area (Å²) in [5, 5.41) is 3.32. The zero-order chi connectivity index (χ0) is 10.2. The van der Waals surface area contributed by atoms with Crippen molar-refractivity contribution in [2.24, 2.45) is 0 Å². The molecule has 0 saturated heterocycles. The summed E-state index contributed by atoms with van der Waals surface area (Å²) in [5.74, 6) is 0.250. The Morgan fingerprint density at radius 3 is 2.57 bits per heavy atom. The predicted octanol–water partition coefficient (Wildman–Crippen LogP) is 2.48. The molecule has 0 unspecified atom stereocenters. The highest BCUT2D eigenvalue weighted by Crippen LogP contribution is 2.27. The maximum Gasteiger partial charge on any atom is 0.435 e. The van der Waals surface area contributed by atoms with Crippen molar-refractivity contribution in [3.63, 3.8) is 0 Å². The van der Waals surface area contributed by atoms with Gasteiger partial charge in [-0.25, -0.2) is 4.68 Å². The van der Waals surface area contributed by atoms with Crippen molar-refractivity contribution in [2.75, 3.05) is 0 Å². The van der Waals surface area contributed by atoms with Crippen molar-refractivity contribution < 1.29 is 17.6 Å². The average molecular weight is 202 g/mol. The van der Waals surface area contributed by atoms with Gasteiger partial charge in [-0.15, -0.1) is 0 Å². The summed E-state index contributed by atoms with van der Waals surface area (Å²) >= 11 is 0. The first kappa shape index (κ1) is 8.86. The van der Waals surface area contributed by atoms with Crippen LogP contribution in [0.1, 0.15) is 5.69 Å². The zero-order valence-electron chi connectivity index (χ0n) is 6.82. The molecule has 0 radical (unpaired) electrons. The summed E-state index contributed by atoms with van der Waals surface area (Å²) in [4.78, 5) is 0. The van der Waals surface area contributed by atoms with Crippen molar-refractivity contribution in [2.45, 2.75) is 6.18 Å². The molecule has 0 fully saturated rings. The van der Waals surface area contributed by atoms with Crippen LogP contribution in [0.4, 0.5) is 13.2 Å². The average Bonchev–Trinajstić information content (AvgIpc) is 2.73. The van der Waals surface area contributed by atoms with E-state index < -0.39 is 11.9 Å². The van der Waals surface area contributed by atoms with Gasteiger partial charge in [0.1, 0.15) is 0 Å². The van der Waals surface area contributed by atoms with Gasteiger partial charge in [-0.3, -0.25) is 0 Å². The second kappa shape index (κ2) is 2.90. The van der Waals surface area contributed by atoms with Crippen LogP contribution < -0.4 is 0 Å².